The summed E-state index contributed by atoms with van der Waals surface area (Å²) in [5, 5.41) is 4.41. The van der Waals surface area contributed by atoms with Gasteiger partial charge >= 0.3 is 0 Å². The maximum Gasteiger partial charge on any atom is 0.194 e. The van der Waals surface area contributed by atoms with Crippen molar-refractivity contribution in [2.24, 2.45) is 0 Å². The van der Waals surface area contributed by atoms with Crippen molar-refractivity contribution < 1.29 is 4.79 Å². The Hall–Kier alpha value is -2.45. The summed E-state index contributed by atoms with van der Waals surface area (Å²) in [5.41, 5.74) is 3.76. The maximum absolute atomic E-state index is 13.0. The van der Waals surface area contributed by atoms with Crippen LogP contribution in [0.5, 0.6) is 0 Å². The van der Waals surface area contributed by atoms with E-state index in [9.17, 15) is 4.79 Å². The minimum Gasteiger partial charge on any atom is -0.289 e. The van der Waals surface area contributed by atoms with Crippen LogP contribution in [0.3, 0.4) is 0 Å². The summed E-state index contributed by atoms with van der Waals surface area (Å²) in [6.45, 7) is 0. The van der Waals surface area contributed by atoms with Crippen LogP contribution in [0.2, 0.25) is 0 Å². The molecule has 4 aromatic carbocycles. The minimum absolute atomic E-state index is 0.113. The summed E-state index contributed by atoms with van der Waals surface area (Å²) < 4.78 is 1.02. The Bertz CT molecular complexity index is 1140. The summed E-state index contributed by atoms with van der Waals surface area (Å²) in [7, 11) is 0. The summed E-state index contributed by atoms with van der Waals surface area (Å²) >= 11 is 3.61. The van der Waals surface area contributed by atoms with Crippen LogP contribution in [0.15, 0.2) is 71.2 Å². The highest BCUT2D eigenvalue weighted by Crippen LogP contribution is 2.42. The molecule has 0 unspecified atom stereocenters. The van der Waals surface area contributed by atoms with Crippen LogP contribution in [0.25, 0.3) is 32.7 Å². The normalized spacial score (nSPS) is 12.7. The van der Waals surface area contributed by atoms with Gasteiger partial charge in [0.25, 0.3) is 0 Å². The van der Waals surface area contributed by atoms with E-state index in [0.29, 0.717) is 0 Å². The highest BCUT2D eigenvalue weighted by molar-refractivity contribution is 9.10. The second-order valence-corrected chi connectivity index (χ2v) is 6.75. The Morgan fingerprint density at radius 2 is 1.39 bits per heavy atom. The molecular formula is C21H11BrO. The van der Waals surface area contributed by atoms with Gasteiger partial charge in [0.2, 0.25) is 0 Å². The van der Waals surface area contributed by atoms with Crippen molar-refractivity contribution >= 4 is 43.3 Å². The maximum atomic E-state index is 13.0. The third-order valence-electron chi connectivity index (χ3n) is 4.65. The highest BCUT2D eigenvalue weighted by Gasteiger charge is 2.25. The lowest BCUT2D eigenvalue weighted by Gasteiger charge is -2.21. The SMILES string of the molecule is O=C1c2cc3ccccc3cc2-c2ccc(Br)c3cccc1c23. The molecule has 0 N–H and O–H groups in total. The van der Waals surface area contributed by atoms with Gasteiger partial charge in [0, 0.05) is 21.0 Å². The molecule has 4 aromatic rings. The fourth-order valence-electron chi connectivity index (χ4n) is 3.58. The van der Waals surface area contributed by atoms with Crippen molar-refractivity contribution in [3.8, 4) is 11.1 Å². The molecule has 0 heterocycles. The third kappa shape index (κ3) is 1.70. The van der Waals surface area contributed by atoms with Crippen molar-refractivity contribution in [1.82, 2.24) is 0 Å². The Morgan fingerprint density at radius 3 is 2.17 bits per heavy atom. The molecule has 1 aliphatic rings. The summed E-state index contributed by atoms with van der Waals surface area (Å²) in [5.74, 6) is 0.113. The Balaban J connectivity index is 2.01. The lowest BCUT2D eigenvalue weighted by molar-refractivity contribution is 0.104. The molecule has 0 bridgehead atoms. The van der Waals surface area contributed by atoms with Gasteiger partial charge in [-0.25, -0.2) is 0 Å². The van der Waals surface area contributed by atoms with E-state index in [1.165, 1.54) is 0 Å². The van der Waals surface area contributed by atoms with E-state index in [-0.39, 0.29) is 5.78 Å². The lowest BCUT2D eigenvalue weighted by atomic mass is 9.82. The number of ketones is 1. The largest absolute Gasteiger partial charge is 0.289 e. The van der Waals surface area contributed by atoms with Gasteiger partial charge in [0.15, 0.2) is 5.78 Å². The van der Waals surface area contributed by atoms with Crippen molar-refractivity contribution in [2.75, 3.05) is 0 Å². The highest BCUT2D eigenvalue weighted by atomic mass is 79.9. The second-order valence-electron chi connectivity index (χ2n) is 5.90. The molecule has 0 atom stereocenters. The average molecular weight is 359 g/mol. The molecule has 5 rings (SSSR count). The zero-order valence-electron chi connectivity index (χ0n) is 12.1. The van der Waals surface area contributed by atoms with E-state index in [1.807, 2.05) is 30.3 Å². The van der Waals surface area contributed by atoms with Crippen LogP contribution >= 0.6 is 15.9 Å². The van der Waals surface area contributed by atoms with E-state index in [1.54, 1.807) is 0 Å². The van der Waals surface area contributed by atoms with Gasteiger partial charge in [-0.1, -0.05) is 64.5 Å². The van der Waals surface area contributed by atoms with E-state index in [2.05, 4.69) is 52.3 Å². The average Bonchev–Trinajstić information content (AvgIpc) is 2.59. The van der Waals surface area contributed by atoms with Crippen LogP contribution in [-0.4, -0.2) is 5.78 Å². The Kier molecular flexibility index (Phi) is 2.56. The smallest absolute Gasteiger partial charge is 0.194 e. The van der Waals surface area contributed by atoms with Gasteiger partial charge in [-0.15, -0.1) is 0 Å². The van der Waals surface area contributed by atoms with Crippen molar-refractivity contribution in [3.05, 3.63) is 82.3 Å². The molecule has 0 aromatic heterocycles. The Labute approximate surface area is 141 Å². The van der Waals surface area contributed by atoms with Crippen molar-refractivity contribution in [1.29, 1.82) is 0 Å². The van der Waals surface area contributed by atoms with E-state index in [4.69, 9.17) is 0 Å². The summed E-state index contributed by atoms with van der Waals surface area (Å²) in [6, 6.07) is 22.5. The molecule has 1 nitrogen and oxygen atoms in total. The van der Waals surface area contributed by atoms with Crippen LogP contribution in [-0.2, 0) is 0 Å². The molecule has 0 saturated heterocycles. The molecule has 23 heavy (non-hydrogen) atoms. The van der Waals surface area contributed by atoms with Gasteiger partial charge in [0.1, 0.15) is 0 Å². The molecule has 108 valence electrons. The molecule has 0 aliphatic heterocycles. The predicted molar refractivity (Wildman–Crippen MR) is 98.0 cm³/mol. The van der Waals surface area contributed by atoms with Crippen LogP contribution in [0, 0.1) is 0 Å². The van der Waals surface area contributed by atoms with Gasteiger partial charge < -0.3 is 0 Å². The van der Waals surface area contributed by atoms with E-state index >= 15 is 0 Å². The van der Waals surface area contributed by atoms with Crippen LogP contribution in [0.1, 0.15) is 15.9 Å². The number of rotatable bonds is 0. The lowest BCUT2D eigenvalue weighted by Crippen LogP contribution is -2.10. The zero-order chi connectivity index (χ0) is 15.6. The first-order valence-corrected chi connectivity index (χ1v) is 8.32. The molecule has 0 amide bonds. The number of hydrogen-bond acceptors (Lipinski definition) is 1. The summed E-state index contributed by atoms with van der Waals surface area (Å²) in [6.07, 6.45) is 0. The molecular weight excluding hydrogens is 348 g/mol. The van der Waals surface area contributed by atoms with Crippen molar-refractivity contribution in [3.63, 3.8) is 0 Å². The number of carbonyl (C=O) groups is 1. The fraction of sp³-hybridized carbons (Fsp3) is 0. The fourth-order valence-corrected chi connectivity index (χ4v) is 4.04. The quantitative estimate of drug-likeness (QED) is 0.333. The number of carbonyl (C=O) groups excluding carboxylic acids is 1. The van der Waals surface area contributed by atoms with Gasteiger partial charge in [-0.2, -0.15) is 0 Å². The van der Waals surface area contributed by atoms with E-state index in [0.717, 1.165) is 48.3 Å². The van der Waals surface area contributed by atoms with Gasteiger partial charge in [0.05, 0.1) is 0 Å². The number of benzene rings is 4. The third-order valence-corrected chi connectivity index (χ3v) is 5.34. The molecule has 2 heteroatoms. The zero-order valence-corrected chi connectivity index (χ0v) is 13.7. The minimum atomic E-state index is 0.113. The number of halogens is 1. The summed E-state index contributed by atoms with van der Waals surface area (Å²) in [4.78, 5) is 13.0. The molecule has 1 aliphatic carbocycles. The molecule has 0 spiro atoms. The first-order chi connectivity index (χ1) is 11.2. The van der Waals surface area contributed by atoms with Gasteiger partial charge in [-0.3, -0.25) is 4.79 Å². The molecule has 0 radical (unpaired) electrons. The van der Waals surface area contributed by atoms with Crippen molar-refractivity contribution in [2.45, 2.75) is 0 Å². The first kappa shape index (κ1) is 13.0. The molecule has 0 saturated carbocycles. The topological polar surface area (TPSA) is 17.1 Å². The van der Waals surface area contributed by atoms with Crippen LogP contribution < -0.4 is 0 Å². The number of hydrogen-bond donors (Lipinski definition) is 0. The monoisotopic (exact) mass is 358 g/mol. The predicted octanol–water partition coefficient (Wildman–Crippen LogP) is 5.97. The van der Waals surface area contributed by atoms with E-state index < -0.39 is 0 Å². The first-order valence-electron chi connectivity index (χ1n) is 7.53. The van der Waals surface area contributed by atoms with Crippen LogP contribution in [0.4, 0.5) is 0 Å². The molecule has 0 fully saturated rings. The standard InChI is InChI=1S/C21H11BrO/c22-19-9-8-14-17-10-12-4-1-2-5-13(12)11-18(17)21(23)16-7-3-6-15(19)20(14)16/h1-11H. The number of fused-ring (bicyclic) bond motifs is 3. The Morgan fingerprint density at radius 1 is 0.652 bits per heavy atom. The second kappa shape index (κ2) is 4.53. The van der Waals surface area contributed by atoms with Gasteiger partial charge in [-0.05, 0) is 45.5 Å².